The van der Waals surface area contributed by atoms with Gasteiger partial charge in [0.05, 0.1) is 12.6 Å². The maximum Gasteiger partial charge on any atom is 0.317 e. The summed E-state index contributed by atoms with van der Waals surface area (Å²) < 4.78 is 0. The second kappa shape index (κ2) is 7.63. The van der Waals surface area contributed by atoms with E-state index in [4.69, 9.17) is 0 Å². The first-order chi connectivity index (χ1) is 10.5. The minimum Gasteiger partial charge on any atom is -0.387 e. The van der Waals surface area contributed by atoms with E-state index >= 15 is 0 Å². The Labute approximate surface area is 133 Å². The fourth-order valence-electron chi connectivity index (χ4n) is 2.80. The molecule has 22 heavy (non-hydrogen) atoms. The molecule has 0 bridgehead atoms. The standard InChI is InChI=1S/C18H28N2O2/c1-4-20(18(22)19-14(3)15-6-5-7-15)12-17(21)16-10-8-13(2)9-11-16/h8-11,14-15,17,21H,4-7,12H2,1-3H3,(H,19,22). The lowest BCUT2D eigenvalue weighted by atomic mass is 9.80. The number of urea groups is 1. The van der Waals surface area contributed by atoms with Gasteiger partial charge in [0.1, 0.15) is 0 Å². The average molecular weight is 304 g/mol. The number of aliphatic hydroxyl groups excluding tert-OH is 1. The fourth-order valence-corrected chi connectivity index (χ4v) is 2.80. The third kappa shape index (κ3) is 4.23. The average Bonchev–Trinajstić information content (AvgIpc) is 2.43. The molecule has 0 aromatic heterocycles. The van der Waals surface area contributed by atoms with Crippen LogP contribution < -0.4 is 5.32 Å². The molecule has 4 nitrogen and oxygen atoms in total. The lowest BCUT2D eigenvalue weighted by Gasteiger charge is -2.34. The molecule has 2 atom stereocenters. The number of aliphatic hydroxyl groups is 1. The number of nitrogens with zero attached hydrogens (tertiary/aromatic N) is 1. The minimum absolute atomic E-state index is 0.0759. The summed E-state index contributed by atoms with van der Waals surface area (Å²) in [6.07, 6.45) is 3.04. The maximum absolute atomic E-state index is 12.4. The summed E-state index contributed by atoms with van der Waals surface area (Å²) in [6, 6.07) is 7.94. The Morgan fingerprint density at radius 1 is 1.36 bits per heavy atom. The summed E-state index contributed by atoms with van der Waals surface area (Å²) in [5.74, 6) is 0.615. The van der Waals surface area contributed by atoms with Crippen molar-refractivity contribution in [2.45, 2.75) is 52.2 Å². The number of likely N-dealkylation sites (N-methyl/N-ethyl adjacent to an activating group) is 1. The van der Waals surface area contributed by atoms with Crippen LogP contribution in [0.2, 0.25) is 0 Å². The van der Waals surface area contributed by atoms with Crippen LogP contribution in [0.25, 0.3) is 0 Å². The number of rotatable bonds is 6. The van der Waals surface area contributed by atoms with Crippen LogP contribution in [0.3, 0.4) is 0 Å². The van der Waals surface area contributed by atoms with Gasteiger partial charge in [0.25, 0.3) is 0 Å². The van der Waals surface area contributed by atoms with Crippen LogP contribution in [0.4, 0.5) is 4.79 Å². The smallest absolute Gasteiger partial charge is 0.317 e. The number of carbonyl (C=O) groups is 1. The van der Waals surface area contributed by atoms with Crippen LogP contribution in [0.15, 0.2) is 24.3 Å². The number of nitrogens with one attached hydrogen (secondary N) is 1. The van der Waals surface area contributed by atoms with Gasteiger partial charge < -0.3 is 15.3 Å². The second-order valence-electron chi connectivity index (χ2n) is 6.39. The van der Waals surface area contributed by atoms with Crippen LogP contribution in [0, 0.1) is 12.8 Å². The number of carbonyl (C=O) groups excluding carboxylic acids is 1. The fraction of sp³-hybridized carbons (Fsp3) is 0.611. The molecule has 0 heterocycles. The molecule has 0 radical (unpaired) electrons. The summed E-state index contributed by atoms with van der Waals surface area (Å²) in [4.78, 5) is 14.0. The van der Waals surface area contributed by atoms with E-state index in [9.17, 15) is 9.90 Å². The molecular weight excluding hydrogens is 276 g/mol. The maximum atomic E-state index is 12.4. The highest BCUT2D eigenvalue weighted by Crippen LogP contribution is 2.29. The van der Waals surface area contributed by atoms with Crippen LogP contribution in [0.1, 0.15) is 50.3 Å². The van der Waals surface area contributed by atoms with Crippen molar-refractivity contribution in [1.82, 2.24) is 10.2 Å². The molecule has 2 rings (SSSR count). The summed E-state index contributed by atoms with van der Waals surface area (Å²) in [7, 11) is 0. The van der Waals surface area contributed by atoms with E-state index in [1.54, 1.807) is 4.90 Å². The zero-order chi connectivity index (χ0) is 16.1. The molecule has 1 fully saturated rings. The summed E-state index contributed by atoms with van der Waals surface area (Å²) in [5.41, 5.74) is 2.01. The Morgan fingerprint density at radius 3 is 2.50 bits per heavy atom. The Kier molecular flexibility index (Phi) is 5.83. The Bertz CT molecular complexity index is 482. The molecule has 2 unspecified atom stereocenters. The SMILES string of the molecule is CCN(CC(O)c1ccc(C)cc1)C(=O)NC(C)C1CCC1. The first-order valence-corrected chi connectivity index (χ1v) is 8.31. The molecule has 1 aliphatic carbocycles. The van der Waals surface area contributed by atoms with Crippen molar-refractivity contribution >= 4 is 6.03 Å². The molecule has 1 aromatic carbocycles. The zero-order valence-corrected chi connectivity index (χ0v) is 13.9. The number of benzene rings is 1. The van der Waals surface area contributed by atoms with E-state index in [2.05, 4.69) is 12.2 Å². The van der Waals surface area contributed by atoms with Gasteiger partial charge in [0.2, 0.25) is 0 Å². The summed E-state index contributed by atoms with van der Waals surface area (Å²) in [5, 5.41) is 13.4. The van der Waals surface area contributed by atoms with E-state index in [0.717, 1.165) is 11.1 Å². The van der Waals surface area contributed by atoms with E-state index < -0.39 is 6.10 Å². The van der Waals surface area contributed by atoms with E-state index in [-0.39, 0.29) is 12.1 Å². The third-order valence-corrected chi connectivity index (χ3v) is 4.73. The second-order valence-corrected chi connectivity index (χ2v) is 6.39. The molecule has 0 saturated heterocycles. The van der Waals surface area contributed by atoms with Gasteiger partial charge in [-0.2, -0.15) is 0 Å². The van der Waals surface area contributed by atoms with Gasteiger partial charge in [-0.05, 0) is 45.1 Å². The molecular formula is C18H28N2O2. The molecule has 2 N–H and O–H groups in total. The molecule has 1 aliphatic rings. The summed E-state index contributed by atoms with van der Waals surface area (Å²) >= 11 is 0. The lowest BCUT2D eigenvalue weighted by molar-refractivity contribution is 0.119. The zero-order valence-electron chi connectivity index (χ0n) is 13.9. The minimum atomic E-state index is -0.648. The first-order valence-electron chi connectivity index (χ1n) is 8.31. The highest BCUT2D eigenvalue weighted by Gasteiger charge is 2.26. The normalized spacial score (nSPS) is 17.5. The van der Waals surface area contributed by atoms with Gasteiger partial charge in [0.15, 0.2) is 0 Å². The third-order valence-electron chi connectivity index (χ3n) is 4.73. The van der Waals surface area contributed by atoms with Crippen LogP contribution in [-0.2, 0) is 0 Å². The van der Waals surface area contributed by atoms with Crippen molar-refractivity contribution in [3.05, 3.63) is 35.4 Å². The Morgan fingerprint density at radius 2 is 2.00 bits per heavy atom. The largest absolute Gasteiger partial charge is 0.387 e. The van der Waals surface area contributed by atoms with Gasteiger partial charge in [-0.1, -0.05) is 36.2 Å². The van der Waals surface area contributed by atoms with Gasteiger partial charge in [-0.3, -0.25) is 0 Å². The van der Waals surface area contributed by atoms with Gasteiger partial charge in [0, 0.05) is 12.6 Å². The number of hydrogen-bond donors (Lipinski definition) is 2. The molecule has 4 heteroatoms. The molecule has 1 saturated carbocycles. The molecule has 0 aliphatic heterocycles. The molecule has 122 valence electrons. The Hall–Kier alpha value is -1.55. The number of aryl methyl sites for hydroxylation is 1. The number of hydrogen-bond acceptors (Lipinski definition) is 2. The molecule has 0 spiro atoms. The van der Waals surface area contributed by atoms with Gasteiger partial charge in [-0.15, -0.1) is 0 Å². The lowest BCUT2D eigenvalue weighted by Crippen LogP contribution is -2.48. The van der Waals surface area contributed by atoms with Crippen molar-refractivity contribution in [3.63, 3.8) is 0 Å². The van der Waals surface area contributed by atoms with E-state index in [1.165, 1.54) is 19.3 Å². The predicted octanol–water partition coefficient (Wildman–Crippen LogP) is 3.25. The quantitative estimate of drug-likeness (QED) is 0.847. The summed E-state index contributed by atoms with van der Waals surface area (Å²) in [6.45, 7) is 6.94. The molecule has 2 amide bonds. The van der Waals surface area contributed by atoms with E-state index in [0.29, 0.717) is 19.0 Å². The topological polar surface area (TPSA) is 52.6 Å². The predicted molar refractivity (Wildman–Crippen MR) is 88.7 cm³/mol. The van der Waals surface area contributed by atoms with Crippen LogP contribution >= 0.6 is 0 Å². The van der Waals surface area contributed by atoms with Crippen LogP contribution in [-0.4, -0.2) is 35.2 Å². The van der Waals surface area contributed by atoms with E-state index in [1.807, 2.05) is 38.1 Å². The van der Waals surface area contributed by atoms with Crippen molar-refractivity contribution < 1.29 is 9.90 Å². The highest BCUT2D eigenvalue weighted by atomic mass is 16.3. The molecule has 1 aromatic rings. The van der Waals surface area contributed by atoms with Crippen LogP contribution in [0.5, 0.6) is 0 Å². The van der Waals surface area contributed by atoms with Gasteiger partial charge >= 0.3 is 6.03 Å². The first kappa shape index (κ1) is 16.8. The highest BCUT2D eigenvalue weighted by molar-refractivity contribution is 5.74. The number of amides is 2. The Balaban J connectivity index is 1.89. The van der Waals surface area contributed by atoms with Crippen molar-refractivity contribution in [1.29, 1.82) is 0 Å². The van der Waals surface area contributed by atoms with Crippen molar-refractivity contribution in [2.24, 2.45) is 5.92 Å². The van der Waals surface area contributed by atoms with Crippen molar-refractivity contribution in [3.8, 4) is 0 Å². The van der Waals surface area contributed by atoms with Crippen molar-refractivity contribution in [2.75, 3.05) is 13.1 Å². The van der Waals surface area contributed by atoms with Gasteiger partial charge in [-0.25, -0.2) is 4.79 Å². The monoisotopic (exact) mass is 304 g/mol.